The first kappa shape index (κ1) is 35.2. The lowest BCUT2D eigenvalue weighted by atomic mass is 9.91. The molecule has 11 rings (SSSR count). The molecule has 0 radical (unpaired) electrons. The third-order valence-electron chi connectivity index (χ3n) is 11.8. The number of fused-ring (bicyclic) bond motifs is 4. The molecule has 1 heterocycles. The fourth-order valence-corrected chi connectivity index (χ4v) is 9.01. The Kier molecular flexibility index (Phi) is 8.87. The molecule has 282 valence electrons. The quantitative estimate of drug-likeness (QED) is 0.150. The van der Waals surface area contributed by atoms with Crippen molar-refractivity contribution in [1.82, 2.24) is 4.57 Å². The fraction of sp³-hybridized carbons (Fsp3) is 0. The van der Waals surface area contributed by atoms with E-state index in [4.69, 9.17) is 0 Å². The number of para-hydroxylation sites is 4. The number of benzene rings is 10. The Bertz CT molecular complexity index is 3250. The van der Waals surface area contributed by atoms with Gasteiger partial charge in [0.15, 0.2) is 0 Å². The molecule has 0 aliphatic heterocycles. The summed E-state index contributed by atoms with van der Waals surface area (Å²) in [5.74, 6) is 0. The molecule has 0 spiro atoms. The lowest BCUT2D eigenvalue weighted by Gasteiger charge is -2.27. The standard InChI is InChI=1S/C58H40N2/c1-3-17-41(18-4-1)44-21-15-22-45(39-44)55-40-48(37-38-51(55)52-26-9-12-30-56(52)60-57-31-13-10-27-53(57)54-28-11-14-32-58(54)60)59(46-23-5-2-6-24-46)47-35-33-43(34-36-47)50-29-16-20-42-19-7-8-25-49(42)50/h1-40H. The Morgan fingerprint density at radius 2 is 0.800 bits per heavy atom. The van der Waals surface area contributed by atoms with Crippen LogP contribution in [-0.4, -0.2) is 4.57 Å². The van der Waals surface area contributed by atoms with E-state index in [1.807, 2.05) is 0 Å². The molecule has 2 heteroatoms. The van der Waals surface area contributed by atoms with Gasteiger partial charge in [0, 0.05) is 33.4 Å². The molecule has 0 saturated carbocycles. The minimum absolute atomic E-state index is 1.08. The van der Waals surface area contributed by atoms with Crippen molar-refractivity contribution >= 4 is 49.6 Å². The molecule has 0 fully saturated rings. The van der Waals surface area contributed by atoms with Gasteiger partial charge in [-0.2, -0.15) is 0 Å². The average Bonchev–Trinajstić information content (AvgIpc) is 3.66. The molecule has 60 heavy (non-hydrogen) atoms. The van der Waals surface area contributed by atoms with Crippen molar-refractivity contribution in [2.24, 2.45) is 0 Å². The summed E-state index contributed by atoms with van der Waals surface area (Å²) in [6.07, 6.45) is 0. The van der Waals surface area contributed by atoms with Gasteiger partial charge in [-0.05, 0) is 110 Å². The number of hydrogen-bond donors (Lipinski definition) is 0. The predicted octanol–water partition coefficient (Wildman–Crippen LogP) is 16.1. The van der Waals surface area contributed by atoms with Crippen LogP contribution in [0.1, 0.15) is 0 Å². The van der Waals surface area contributed by atoms with Gasteiger partial charge in [-0.25, -0.2) is 0 Å². The second-order valence-electron chi connectivity index (χ2n) is 15.3. The van der Waals surface area contributed by atoms with Crippen LogP contribution in [0.5, 0.6) is 0 Å². The Morgan fingerprint density at radius 3 is 1.57 bits per heavy atom. The topological polar surface area (TPSA) is 8.17 Å². The van der Waals surface area contributed by atoms with E-state index < -0.39 is 0 Å². The van der Waals surface area contributed by atoms with Gasteiger partial charge < -0.3 is 9.47 Å². The van der Waals surface area contributed by atoms with Crippen molar-refractivity contribution in [1.29, 1.82) is 0 Å². The van der Waals surface area contributed by atoms with Crippen molar-refractivity contribution in [3.8, 4) is 50.2 Å². The fourth-order valence-electron chi connectivity index (χ4n) is 9.01. The van der Waals surface area contributed by atoms with Crippen LogP contribution in [-0.2, 0) is 0 Å². The van der Waals surface area contributed by atoms with Gasteiger partial charge in [0.05, 0.1) is 16.7 Å². The molecule has 0 N–H and O–H groups in total. The molecule has 0 atom stereocenters. The van der Waals surface area contributed by atoms with Gasteiger partial charge in [0.25, 0.3) is 0 Å². The summed E-state index contributed by atoms with van der Waals surface area (Å²) in [7, 11) is 0. The van der Waals surface area contributed by atoms with Crippen LogP contribution in [0.3, 0.4) is 0 Å². The van der Waals surface area contributed by atoms with E-state index in [-0.39, 0.29) is 0 Å². The maximum Gasteiger partial charge on any atom is 0.0541 e. The van der Waals surface area contributed by atoms with Crippen LogP contribution < -0.4 is 4.90 Å². The number of aromatic nitrogens is 1. The van der Waals surface area contributed by atoms with Crippen LogP contribution >= 0.6 is 0 Å². The lowest BCUT2D eigenvalue weighted by molar-refractivity contribution is 1.18. The van der Waals surface area contributed by atoms with E-state index in [1.54, 1.807) is 0 Å². The maximum atomic E-state index is 2.44. The first-order valence-electron chi connectivity index (χ1n) is 20.6. The normalized spacial score (nSPS) is 11.3. The molecule has 0 amide bonds. The highest BCUT2D eigenvalue weighted by Crippen LogP contribution is 2.44. The summed E-state index contributed by atoms with van der Waals surface area (Å²) < 4.78 is 2.44. The zero-order chi connectivity index (χ0) is 39.8. The van der Waals surface area contributed by atoms with Gasteiger partial charge in [-0.1, -0.05) is 182 Å². The molecule has 2 nitrogen and oxygen atoms in total. The highest BCUT2D eigenvalue weighted by atomic mass is 15.1. The van der Waals surface area contributed by atoms with E-state index in [0.717, 1.165) is 33.9 Å². The third kappa shape index (κ3) is 6.23. The van der Waals surface area contributed by atoms with E-state index >= 15 is 0 Å². The molecule has 0 unspecified atom stereocenters. The highest BCUT2D eigenvalue weighted by molar-refractivity contribution is 6.10. The SMILES string of the molecule is c1ccc(-c2cccc(-c3cc(N(c4ccccc4)c4ccc(-c5cccc6ccccc56)cc4)ccc3-c3ccccc3-n3c4ccccc4c4ccccc43)c2)cc1. The maximum absolute atomic E-state index is 2.44. The highest BCUT2D eigenvalue weighted by Gasteiger charge is 2.20. The molecule has 0 aliphatic rings. The molecule has 0 aliphatic carbocycles. The summed E-state index contributed by atoms with van der Waals surface area (Å²) in [6.45, 7) is 0. The van der Waals surface area contributed by atoms with Crippen LogP contribution in [0.25, 0.3) is 82.8 Å². The molecule has 1 aromatic heterocycles. The van der Waals surface area contributed by atoms with Crippen molar-refractivity contribution in [2.75, 3.05) is 4.90 Å². The molecule has 0 bridgehead atoms. The van der Waals surface area contributed by atoms with Crippen molar-refractivity contribution < 1.29 is 0 Å². The van der Waals surface area contributed by atoms with Gasteiger partial charge in [-0.3, -0.25) is 0 Å². The van der Waals surface area contributed by atoms with Gasteiger partial charge >= 0.3 is 0 Å². The van der Waals surface area contributed by atoms with Crippen molar-refractivity contribution in [2.45, 2.75) is 0 Å². The Labute approximate surface area is 350 Å². The second-order valence-corrected chi connectivity index (χ2v) is 15.3. The number of hydrogen-bond acceptors (Lipinski definition) is 1. The smallest absolute Gasteiger partial charge is 0.0541 e. The van der Waals surface area contributed by atoms with E-state index in [2.05, 4.69) is 252 Å². The van der Waals surface area contributed by atoms with E-state index in [1.165, 1.54) is 66.0 Å². The number of nitrogens with zero attached hydrogens (tertiary/aromatic N) is 2. The Hall–Kier alpha value is -7.94. The first-order chi connectivity index (χ1) is 29.8. The minimum atomic E-state index is 1.08. The van der Waals surface area contributed by atoms with Gasteiger partial charge in [0.1, 0.15) is 0 Å². The lowest BCUT2D eigenvalue weighted by Crippen LogP contribution is -2.10. The number of rotatable bonds is 8. The van der Waals surface area contributed by atoms with Crippen molar-refractivity contribution in [3.05, 3.63) is 243 Å². The first-order valence-corrected chi connectivity index (χ1v) is 20.6. The molecule has 10 aromatic carbocycles. The van der Waals surface area contributed by atoms with Gasteiger partial charge in [0.2, 0.25) is 0 Å². The van der Waals surface area contributed by atoms with Gasteiger partial charge in [-0.15, -0.1) is 0 Å². The van der Waals surface area contributed by atoms with E-state index in [9.17, 15) is 0 Å². The van der Waals surface area contributed by atoms with E-state index in [0.29, 0.717) is 0 Å². The van der Waals surface area contributed by atoms with Crippen LogP contribution in [0.15, 0.2) is 243 Å². The van der Waals surface area contributed by atoms with Crippen molar-refractivity contribution in [3.63, 3.8) is 0 Å². The molecule has 11 aromatic rings. The second kappa shape index (κ2) is 15.1. The van der Waals surface area contributed by atoms with Crippen LogP contribution in [0, 0.1) is 0 Å². The predicted molar refractivity (Wildman–Crippen MR) is 255 cm³/mol. The Balaban J connectivity index is 1.12. The molecular formula is C58H40N2. The summed E-state index contributed by atoms with van der Waals surface area (Å²) in [6, 6.07) is 87.9. The minimum Gasteiger partial charge on any atom is -0.310 e. The average molecular weight is 765 g/mol. The zero-order valence-corrected chi connectivity index (χ0v) is 33.0. The monoisotopic (exact) mass is 764 g/mol. The zero-order valence-electron chi connectivity index (χ0n) is 33.0. The molecular weight excluding hydrogens is 725 g/mol. The van der Waals surface area contributed by atoms with Crippen LogP contribution in [0.4, 0.5) is 17.1 Å². The Morgan fingerprint density at radius 1 is 0.267 bits per heavy atom. The summed E-state index contributed by atoms with van der Waals surface area (Å²) in [5, 5.41) is 5.00. The summed E-state index contributed by atoms with van der Waals surface area (Å²) in [4.78, 5) is 2.38. The molecule has 0 saturated heterocycles. The summed E-state index contributed by atoms with van der Waals surface area (Å²) >= 11 is 0. The van der Waals surface area contributed by atoms with Crippen LogP contribution in [0.2, 0.25) is 0 Å². The third-order valence-corrected chi connectivity index (χ3v) is 11.8. The largest absolute Gasteiger partial charge is 0.310 e. The number of anilines is 3. The summed E-state index contributed by atoms with van der Waals surface area (Å²) in [5.41, 5.74) is 16.3.